The van der Waals surface area contributed by atoms with E-state index in [2.05, 4.69) is 10.2 Å². The van der Waals surface area contributed by atoms with Gasteiger partial charge in [-0.3, -0.25) is 9.89 Å². The van der Waals surface area contributed by atoms with Crippen LogP contribution in [0.25, 0.3) is 0 Å². The lowest BCUT2D eigenvalue weighted by Crippen LogP contribution is -2.29. The van der Waals surface area contributed by atoms with E-state index in [-0.39, 0.29) is 5.91 Å². The first-order chi connectivity index (χ1) is 6.61. The molecule has 1 heterocycles. The average molecular weight is 193 g/mol. The van der Waals surface area contributed by atoms with E-state index in [0.717, 1.165) is 29.8 Å². The van der Waals surface area contributed by atoms with E-state index >= 15 is 0 Å². The molecule has 0 aliphatic heterocycles. The maximum atomic E-state index is 12.0. The molecule has 4 nitrogen and oxygen atoms in total. The fourth-order valence-electron chi connectivity index (χ4n) is 1.67. The summed E-state index contributed by atoms with van der Waals surface area (Å²) in [6.07, 6.45) is 2.27. The molecule has 0 saturated heterocycles. The first-order valence-corrected chi connectivity index (χ1v) is 4.90. The van der Waals surface area contributed by atoms with Crippen LogP contribution in [-0.2, 0) is 0 Å². The largest absolute Gasteiger partial charge is 0.339 e. The Labute approximate surface area is 83.3 Å². The van der Waals surface area contributed by atoms with E-state index in [0.29, 0.717) is 6.04 Å². The molecular formula is C10H15N3O. The highest BCUT2D eigenvalue weighted by atomic mass is 16.2. The highest BCUT2D eigenvalue weighted by molar-refractivity contribution is 5.96. The van der Waals surface area contributed by atoms with Crippen LogP contribution in [0.15, 0.2) is 0 Å². The Kier molecular flexibility index (Phi) is 2.06. The molecule has 0 spiro atoms. The van der Waals surface area contributed by atoms with Crippen LogP contribution in [0.2, 0.25) is 0 Å². The van der Waals surface area contributed by atoms with Crippen LogP contribution in [0, 0.1) is 13.8 Å². The van der Waals surface area contributed by atoms with Gasteiger partial charge in [0.2, 0.25) is 0 Å². The van der Waals surface area contributed by atoms with Crippen molar-refractivity contribution in [1.82, 2.24) is 15.1 Å². The molecule has 1 aromatic rings. The van der Waals surface area contributed by atoms with Gasteiger partial charge in [-0.05, 0) is 26.7 Å². The van der Waals surface area contributed by atoms with Crippen LogP contribution < -0.4 is 0 Å². The minimum atomic E-state index is 0.0938. The van der Waals surface area contributed by atoms with Gasteiger partial charge in [-0.15, -0.1) is 0 Å². The second-order valence-corrected chi connectivity index (χ2v) is 3.96. The molecule has 76 valence electrons. The van der Waals surface area contributed by atoms with Crippen molar-refractivity contribution in [3.8, 4) is 0 Å². The molecule has 2 rings (SSSR count). The van der Waals surface area contributed by atoms with Crippen LogP contribution in [0.4, 0.5) is 0 Å². The molecule has 0 bridgehead atoms. The van der Waals surface area contributed by atoms with Gasteiger partial charge in [-0.1, -0.05) is 0 Å². The quantitative estimate of drug-likeness (QED) is 0.768. The first kappa shape index (κ1) is 9.24. The molecule has 14 heavy (non-hydrogen) atoms. The number of nitrogens with zero attached hydrogens (tertiary/aromatic N) is 2. The number of aromatic nitrogens is 2. The minimum Gasteiger partial charge on any atom is -0.339 e. The van der Waals surface area contributed by atoms with Crippen molar-refractivity contribution in [3.05, 3.63) is 17.0 Å². The fraction of sp³-hybridized carbons (Fsp3) is 0.600. The van der Waals surface area contributed by atoms with Crippen molar-refractivity contribution < 1.29 is 4.79 Å². The SMILES string of the molecule is Cc1n[nH]c(C)c1C(=O)N(C)C1CC1. The van der Waals surface area contributed by atoms with Gasteiger partial charge in [0.05, 0.1) is 11.3 Å². The molecule has 0 atom stereocenters. The standard InChI is InChI=1S/C10H15N3O/c1-6-9(7(2)12-11-6)10(14)13(3)8-4-5-8/h8H,4-5H2,1-3H3,(H,11,12). The van der Waals surface area contributed by atoms with Crippen molar-refractivity contribution in [2.24, 2.45) is 0 Å². The number of aromatic amines is 1. The van der Waals surface area contributed by atoms with E-state index in [9.17, 15) is 4.79 Å². The molecule has 0 radical (unpaired) electrons. The van der Waals surface area contributed by atoms with Crippen molar-refractivity contribution >= 4 is 5.91 Å². The first-order valence-electron chi connectivity index (χ1n) is 4.90. The Bertz CT molecular complexity index is 346. The van der Waals surface area contributed by atoms with Gasteiger partial charge in [-0.25, -0.2) is 0 Å². The Morgan fingerprint density at radius 1 is 1.50 bits per heavy atom. The van der Waals surface area contributed by atoms with E-state index in [1.807, 2.05) is 25.8 Å². The number of hydrogen-bond donors (Lipinski definition) is 1. The second kappa shape index (κ2) is 3.12. The summed E-state index contributed by atoms with van der Waals surface area (Å²) in [5, 5.41) is 6.86. The number of rotatable bonds is 2. The summed E-state index contributed by atoms with van der Waals surface area (Å²) >= 11 is 0. The topological polar surface area (TPSA) is 49.0 Å². The third-order valence-corrected chi connectivity index (χ3v) is 2.76. The lowest BCUT2D eigenvalue weighted by molar-refractivity contribution is 0.0784. The van der Waals surface area contributed by atoms with E-state index in [1.165, 1.54) is 0 Å². The maximum Gasteiger partial charge on any atom is 0.257 e. The van der Waals surface area contributed by atoms with E-state index in [4.69, 9.17) is 0 Å². The van der Waals surface area contributed by atoms with Crippen molar-refractivity contribution in [2.75, 3.05) is 7.05 Å². The third-order valence-electron chi connectivity index (χ3n) is 2.76. The molecule has 1 aliphatic rings. The van der Waals surface area contributed by atoms with E-state index < -0.39 is 0 Å². The van der Waals surface area contributed by atoms with Crippen LogP contribution in [-0.4, -0.2) is 34.1 Å². The fourth-order valence-corrected chi connectivity index (χ4v) is 1.67. The van der Waals surface area contributed by atoms with Gasteiger partial charge in [-0.2, -0.15) is 5.10 Å². The zero-order valence-corrected chi connectivity index (χ0v) is 8.79. The lowest BCUT2D eigenvalue weighted by atomic mass is 10.2. The highest BCUT2D eigenvalue weighted by Crippen LogP contribution is 2.27. The number of amides is 1. The summed E-state index contributed by atoms with van der Waals surface area (Å²) in [5.41, 5.74) is 2.39. The molecule has 1 saturated carbocycles. The number of nitrogens with one attached hydrogen (secondary N) is 1. The number of H-pyrrole nitrogens is 1. The molecule has 1 fully saturated rings. The summed E-state index contributed by atoms with van der Waals surface area (Å²) in [6, 6.07) is 0.455. The molecule has 0 unspecified atom stereocenters. The molecule has 4 heteroatoms. The van der Waals surface area contributed by atoms with Gasteiger partial charge >= 0.3 is 0 Å². The Balaban J connectivity index is 2.25. The Hall–Kier alpha value is -1.32. The van der Waals surface area contributed by atoms with Crippen LogP contribution in [0.5, 0.6) is 0 Å². The van der Waals surface area contributed by atoms with Gasteiger partial charge in [0.1, 0.15) is 0 Å². The zero-order valence-electron chi connectivity index (χ0n) is 8.79. The summed E-state index contributed by atoms with van der Waals surface area (Å²) in [7, 11) is 1.87. The summed E-state index contributed by atoms with van der Waals surface area (Å²) in [4.78, 5) is 13.8. The van der Waals surface area contributed by atoms with Crippen LogP contribution in [0.3, 0.4) is 0 Å². The minimum absolute atomic E-state index is 0.0938. The monoisotopic (exact) mass is 193 g/mol. The molecule has 0 aromatic carbocycles. The molecule has 1 amide bonds. The highest BCUT2D eigenvalue weighted by Gasteiger charge is 2.31. The van der Waals surface area contributed by atoms with Crippen LogP contribution >= 0.6 is 0 Å². The molecule has 1 aliphatic carbocycles. The Morgan fingerprint density at radius 3 is 2.57 bits per heavy atom. The van der Waals surface area contributed by atoms with Gasteiger partial charge in [0, 0.05) is 18.8 Å². The van der Waals surface area contributed by atoms with Gasteiger partial charge < -0.3 is 4.90 Å². The number of carbonyl (C=O) groups is 1. The number of hydrogen-bond acceptors (Lipinski definition) is 2. The lowest BCUT2D eigenvalue weighted by Gasteiger charge is -2.15. The Morgan fingerprint density at radius 2 is 2.14 bits per heavy atom. The summed E-state index contributed by atoms with van der Waals surface area (Å²) < 4.78 is 0. The normalized spacial score (nSPS) is 15.6. The smallest absolute Gasteiger partial charge is 0.257 e. The predicted octanol–water partition coefficient (Wildman–Crippen LogP) is 1.26. The summed E-state index contributed by atoms with van der Waals surface area (Å²) in [6.45, 7) is 3.74. The predicted molar refractivity (Wildman–Crippen MR) is 53.2 cm³/mol. The molecule has 1 aromatic heterocycles. The maximum absolute atomic E-state index is 12.0. The average Bonchev–Trinajstić information content (AvgIpc) is 2.92. The van der Waals surface area contributed by atoms with Crippen molar-refractivity contribution in [2.45, 2.75) is 32.7 Å². The number of carbonyl (C=O) groups excluding carboxylic acids is 1. The second-order valence-electron chi connectivity index (χ2n) is 3.96. The molecule has 1 N–H and O–H groups in total. The van der Waals surface area contributed by atoms with Crippen LogP contribution in [0.1, 0.15) is 34.6 Å². The van der Waals surface area contributed by atoms with Crippen molar-refractivity contribution in [1.29, 1.82) is 0 Å². The zero-order chi connectivity index (χ0) is 10.3. The van der Waals surface area contributed by atoms with Crippen molar-refractivity contribution in [3.63, 3.8) is 0 Å². The number of aryl methyl sites for hydroxylation is 2. The van der Waals surface area contributed by atoms with Gasteiger partial charge in [0.25, 0.3) is 5.91 Å². The molecular weight excluding hydrogens is 178 g/mol. The van der Waals surface area contributed by atoms with Gasteiger partial charge in [0.15, 0.2) is 0 Å². The third kappa shape index (κ3) is 1.41. The summed E-state index contributed by atoms with van der Waals surface area (Å²) in [5.74, 6) is 0.0938. The van der Waals surface area contributed by atoms with E-state index in [1.54, 1.807) is 0 Å².